The van der Waals surface area contributed by atoms with Crippen molar-refractivity contribution in [1.82, 2.24) is 0 Å². The molecule has 0 aliphatic heterocycles. The van der Waals surface area contributed by atoms with E-state index in [-0.39, 0.29) is 5.78 Å². The van der Waals surface area contributed by atoms with Gasteiger partial charge in [-0.1, -0.05) is 36.4 Å². The summed E-state index contributed by atoms with van der Waals surface area (Å²) < 4.78 is 0. The molecule has 1 aliphatic carbocycles. The highest BCUT2D eigenvalue weighted by Gasteiger charge is 2.28. The number of hydrogen-bond acceptors (Lipinski definition) is 2. The van der Waals surface area contributed by atoms with Crippen molar-refractivity contribution in [2.45, 2.75) is 18.8 Å². The monoisotopic (exact) mass is 237 g/mol. The van der Waals surface area contributed by atoms with Crippen LogP contribution < -0.4 is 5.73 Å². The van der Waals surface area contributed by atoms with Gasteiger partial charge in [-0.25, -0.2) is 0 Å². The van der Waals surface area contributed by atoms with E-state index in [2.05, 4.69) is 12.1 Å². The fourth-order valence-electron chi connectivity index (χ4n) is 2.63. The lowest BCUT2D eigenvalue weighted by molar-refractivity contribution is 0.0971. The molecule has 2 aromatic rings. The summed E-state index contributed by atoms with van der Waals surface area (Å²) in [5.74, 6) is 0.515. The molecule has 0 saturated heterocycles. The van der Waals surface area contributed by atoms with Gasteiger partial charge in [0.05, 0.1) is 0 Å². The maximum absolute atomic E-state index is 12.2. The van der Waals surface area contributed by atoms with Gasteiger partial charge in [0.25, 0.3) is 0 Å². The van der Waals surface area contributed by atoms with Crippen molar-refractivity contribution in [2.75, 3.05) is 5.73 Å². The SMILES string of the molecule is Nc1ccccc1C(=O)CC1Cc2ccccc21. The molecule has 0 fully saturated rings. The molecule has 0 spiro atoms. The Morgan fingerprint density at radius 2 is 1.83 bits per heavy atom. The summed E-state index contributed by atoms with van der Waals surface area (Å²) in [5.41, 5.74) is 9.76. The van der Waals surface area contributed by atoms with E-state index >= 15 is 0 Å². The van der Waals surface area contributed by atoms with Crippen molar-refractivity contribution in [3.63, 3.8) is 0 Å². The third-order valence-corrected chi connectivity index (χ3v) is 3.65. The van der Waals surface area contributed by atoms with Gasteiger partial charge in [0.2, 0.25) is 0 Å². The Bertz CT molecular complexity index is 604. The molecule has 0 heterocycles. The van der Waals surface area contributed by atoms with Gasteiger partial charge >= 0.3 is 0 Å². The molecule has 1 atom stereocenters. The number of carbonyl (C=O) groups is 1. The van der Waals surface area contributed by atoms with Crippen LogP contribution in [0, 0.1) is 0 Å². The lowest BCUT2D eigenvalue weighted by atomic mass is 9.74. The van der Waals surface area contributed by atoms with E-state index in [0.717, 1.165) is 6.42 Å². The van der Waals surface area contributed by atoms with Crippen LogP contribution in [-0.4, -0.2) is 5.78 Å². The lowest BCUT2D eigenvalue weighted by Crippen LogP contribution is -2.20. The maximum Gasteiger partial charge on any atom is 0.165 e. The van der Waals surface area contributed by atoms with E-state index in [4.69, 9.17) is 5.73 Å². The molecule has 2 N–H and O–H groups in total. The zero-order chi connectivity index (χ0) is 12.5. The number of ketones is 1. The highest BCUT2D eigenvalue weighted by Crippen LogP contribution is 2.38. The van der Waals surface area contributed by atoms with E-state index < -0.39 is 0 Å². The summed E-state index contributed by atoms with van der Waals surface area (Å²) in [4.78, 5) is 12.2. The van der Waals surface area contributed by atoms with Gasteiger partial charge in [-0.2, -0.15) is 0 Å². The number of nitrogen functional groups attached to an aromatic ring is 1. The highest BCUT2D eigenvalue weighted by molar-refractivity contribution is 6.01. The molecule has 2 nitrogen and oxygen atoms in total. The lowest BCUT2D eigenvalue weighted by Gasteiger charge is -2.29. The zero-order valence-corrected chi connectivity index (χ0v) is 10.1. The van der Waals surface area contributed by atoms with Crippen molar-refractivity contribution in [3.05, 3.63) is 65.2 Å². The van der Waals surface area contributed by atoms with Crippen molar-refractivity contribution in [3.8, 4) is 0 Å². The quantitative estimate of drug-likeness (QED) is 0.658. The normalized spacial score (nSPS) is 16.8. The summed E-state index contributed by atoms with van der Waals surface area (Å²) >= 11 is 0. The minimum Gasteiger partial charge on any atom is -0.398 e. The zero-order valence-electron chi connectivity index (χ0n) is 10.1. The Balaban J connectivity index is 1.76. The van der Waals surface area contributed by atoms with Crippen LogP contribution >= 0.6 is 0 Å². The number of benzene rings is 2. The topological polar surface area (TPSA) is 43.1 Å². The molecule has 18 heavy (non-hydrogen) atoms. The number of rotatable bonds is 3. The first kappa shape index (κ1) is 11.0. The summed E-state index contributed by atoms with van der Waals surface area (Å²) in [7, 11) is 0. The van der Waals surface area contributed by atoms with E-state index in [1.165, 1.54) is 11.1 Å². The van der Waals surface area contributed by atoms with Gasteiger partial charge in [-0.15, -0.1) is 0 Å². The van der Waals surface area contributed by atoms with Gasteiger partial charge in [0.15, 0.2) is 5.78 Å². The predicted molar refractivity (Wildman–Crippen MR) is 72.7 cm³/mol. The largest absolute Gasteiger partial charge is 0.398 e. The van der Waals surface area contributed by atoms with Crippen LogP contribution in [0.4, 0.5) is 5.69 Å². The van der Waals surface area contributed by atoms with Gasteiger partial charge in [-0.3, -0.25) is 4.79 Å². The summed E-state index contributed by atoms with van der Waals surface area (Å²) in [6.45, 7) is 0. The van der Waals surface area contributed by atoms with Crippen LogP contribution in [0.1, 0.15) is 33.8 Å². The van der Waals surface area contributed by atoms with Crippen LogP contribution in [0.25, 0.3) is 0 Å². The molecule has 90 valence electrons. The van der Waals surface area contributed by atoms with E-state index in [0.29, 0.717) is 23.6 Å². The highest BCUT2D eigenvalue weighted by atomic mass is 16.1. The Morgan fingerprint density at radius 3 is 2.61 bits per heavy atom. The second-order valence-electron chi connectivity index (χ2n) is 4.81. The molecular formula is C16H15NO. The number of anilines is 1. The van der Waals surface area contributed by atoms with Crippen LogP contribution in [0.15, 0.2) is 48.5 Å². The van der Waals surface area contributed by atoms with Gasteiger partial charge in [0.1, 0.15) is 0 Å². The van der Waals surface area contributed by atoms with Crippen molar-refractivity contribution < 1.29 is 4.79 Å². The van der Waals surface area contributed by atoms with Gasteiger partial charge in [0, 0.05) is 17.7 Å². The first-order valence-electron chi connectivity index (χ1n) is 6.21. The summed E-state index contributed by atoms with van der Waals surface area (Å²) in [6, 6.07) is 15.6. The number of nitrogens with two attached hydrogens (primary N) is 1. The first-order valence-corrected chi connectivity index (χ1v) is 6.21. The smallest absolute Gasteiger partial charge is 0.165 e. The second-order valence-corrected chi connectivity index (χ2v) is 4.81. The molecule has 2 aromatic carbocycles. The van der Waals surface area contributed by atoms with Gasteiger partial charge < -0.3 is 5.73 Å². The standard InChI is InChI=1S/C16H15NO/c17-15-8-4-3-7-14(15)16(18)10-12-9-11-5-1-2-6-13(11)12/h1-8,12H,9-10,17H2. The van der Waals surface area contributed by atoms with E-state index in [1.807, 2.05) is 30.3 Å². The first-order chi connectivity index (χ1) is 8.75. The third kappa shape index (κ3) is 1.80. The molecular weight excluding hydrogens is 222 g/mol. The Kier molecular flexibility index (Phi) is 2.63. The number of Topliss-reactive ketones (excluding diaryl/α,β-unsaturated/α-hetero) is 1. The van der Waals surface area contributed by atoms with Crippen molar-refractivity contribution >= 4 is 11.5 Å². The molecule has 0 radical (unpaired) electrons. The Hall–Kier alpha value is -2.09. The molecule has 0 aromatic heterocycles. The fourth-order valence-corrected chi connectivity index (χ4v) is 2.63. The molecule has 0 amide bonds. The van der Waals surface area contributed by atoms with Crippen LogP contribution in [0.3, 0.4) is 0 Å². The molecule has 0 saturated carbocycles. The van der Waals surface area contributed by atoms with Crippen molar-refractivity contribution in [2.24, 2.45) is 0 Å². The summed E-state index contributed by atoms with van der Waals surface area (Å²) in [6.07, 6.45) is 1.57. The van der Waals surface area contributed by atoms with E-state index in [1.54, 1.807) is 6.07 Å². The van der Waals surface area contributed by atoms with Crippen molar-refractivity contribution in [1.29, 1.82) is 0 Å². The summed E-state index contributed by atoms with van der Waals surface area (Å²) in [5, 5.41) is 0. The minimum absolute atomic E-state index is 0.146. The molecule has 1 unspecified atom stereocenters. The maximum atomic E-state index is 12.2. The minimum atomic E-state index is 0.146. The average molecular weight is 237 g/mol. The number of para-hydroxylation sites is 1. The predicted octanol–water partition coefficient (Wildman–Crippen LogP) is 3.18. The van der Waals surface area contributed by atoms with Crippen LogP contribution in [0.2, 0.25) is 0 Å². The van der Waals surface area contributed by atoms with Crippen LogP contribution in [0.5, 0.6) is 0 Å². The second kappa shape index (κ2) is 4.30. The number of hydrogen-bond donors (Lipinski definition) is 1. The molecule has 3 rings (SSSR count). The number of fused-ring (bicyclic) bond motifs is 1. The van der Waals surface area contributed by atoms with Gasteiger partial charge in [-0.05, 0) is 35.6 Å². The average Bonchev–Trinajstić information content (AvgIpc) is 2.36. The van der Waals surface area contributed by atoms with Crippen LogP contribution in [-0.2, 0) is 6.42 Å². The Labute approximate surface area is 106 Å². The molecule has 2 heteroatoms. The van der Waals surface area contributed by atoms with E-state index in [9.17, 15) is 4.79 Å². The fraction of sp³-hybridized carbons (Fsp3) is 0.188. The third-order valence-electron chi connectivity index (χ3n) is 3.65. The molecule has 0 bridgehead atoms. The molecule has 1 aliphatic rings. The Morgan fingerprint density at radius 1 is 1.11 bits per heavy atom. The number of carbonyl (C=O) groups excluding carboxylic acids is 1.